The van der Waals surface area contributed by atoms with Gasteiger partial charge in [0.05, 0.1) is 11.3 Å². The van der Waals surface area contributed by atoms with Gasteiger partial charge in [0.2, 0.25) is 0 Å². The summed E-state index contributed by atoms with van der Waals surface area (Å²) in [6.45, 7) is 3.65. The van der Waals surface area contributed by atoms with Crippen LogP contribution in [-0.4, -0.2) is 4.57 Å². The van der Waals surface area contributed by atoms with Crippen molar-refractivity contribution in [3.8, 4) is 11.4 Å². The lowest BCUT2D eigenvalue weighted by molar-refractivity contribution is -0.138. The van der Waals surface area contributed by atoms with Gasteiger partial charge in [0.15, 0.2) is 0 Å². The van der Waals surface area contributed by atoms with Crippen LogP contribution in [0.2, 0.25) is 0 Å². The predicted octanol–water partition coefficient (Wildman–Crippen LogP) is 6.45. The zero-order valence-corrected chi connectivity index (χ0v) is 15.9. The summed E-state index contributed by atoms with van der Waals surface area (Å²) in [5.41, 5.74) is 1.97. The number of benzene rings is 2. The fourth-order valence-electron chi connectivity index (χ4n) is 2.74. The fourth-order valence-corrected chi connectivity index (χ4v) is 3.00. The lowest BCUT2D eigenvalue weighted by Crippen LogP contribution is -2.13. The molecule has 0 aliphatic carbocycles. The van der Waals surface area contributed by atoms with Crippen LogP contribution in [-0.2, 0) is 12.8 Å². The molecule has 0 aliphatic heterocycles. The number of nitrogens with zero attached hydrogens (tertiary/aromatic N) is 1. The van der Waals surface area contributed by atoms with E-state index in [2.05, 4.69) is 15.9 Å². The van der Waals surface area contributed by atoms with Gasteiger partial charge in [-0.1, -0.05) is 28.1 Å². The molecule has 2 nitrogen and oxygen atoms in total. The topological polar surface area (TPSA) is 14.2 Å². The van der Waals surface area contributed by atoms with Crippen molar-refractivity contribution in [1.82, 2.24) is 4.57 Å². The number of rotatable bonds is 4. The van der Waals surface area contributed by atoms with Gasteiger partial charge >= 0.3 is 6.18 Å². The highest BCUT2D eigenvalue weighted by molar-refractivity contribution is 9.10. The fraction of sp³-hybridized carbons (Fsp3) is 0.200. The van der Waals surface area contributed by atoms with Crippen LogP contribution in [0.4, 0.5) is 13.2 Å². The summed E-state index contributed by atoms with van der Waals surface area (Å²) in [4.78, 5) is 0. The smallest absolute Gasteiger partial charge is 0.418 e. The molecule has 3 aromatic rings. The average molecular weight is 424 g/mol. The highest BCUT2D eigenvalue weighted by Gasteiger charge is 2.35. The van der Waals surface area contributed by atoms with Crippen molar-refractivity contribution in [3.63, 3.8) is 0 Å². The highest BCUT2D eigenvalue weighted by Crippen LogP contribution is 2.35. The van der Waals surface area contributed by atoms with Gasteiger partial charge in [-0.05, 0) is 61.4 Å². The number of hydrogen-bond donors (Lipinski definition) is 0. The summed E-state index contributed by atoms with van der Waals surface area (Å²) in [6, 6.07) is 13.7. The maximum atomic E-state index is 13.4. The number of ether oxygens (including phenoxy) is 1. The second kappa shape index (κ2) is 7.19. The molecule has 0 atom stereocenters. The second-order valence-electron chi connectivity index (χ2n) is 6.01. The van der Waals surface area contributed by atoms with Crippen molar-refractivity contribution in [3.05, 3.63) is 81.6 Å². The summed E-state index contributed by atoms with van der Waals surface area (Å²) < 4.78 is 48.4. The Hall–Kier alpha value is -2.21. The van der Waals surface area contributed by atoms with E-state index in [-0.39, 0.29) is 12.3 Å². The molecule has 1 aromatic heterocycles. The van der Waals surface area contributed by atoms with Crippen LogP contribution >= 0.6 is 15.9 Å². The Bertz CT molecular complexity index is 914. The van der Waals surface area contributed by atoms with Gasteiger partial charge in [-0.15, -0.1) is 0 Å². The third kappa shape index (κ3) is 3.80. The molecule has 2 aromatic carbocycles. The molecule has 3 rings (SSSR count). The minimum Gasteiger partial charge on any atom is -0.487 e. The first-order chi connectivity index (χ1) is 12.3. The highest BCUT2D eigenvalue weighted by atomic mass is 79.9. The van der Waals surface area contributed by atoms with E-state index in [9.17, 15) is 13.2 Å². The molecular weight excluding hydrogens is 407 g/mol. The van der Waals surface area contributed by atoms with Crippen LogP contribution in [0.1, 0.15) is 22.4 Å². The number of aryl methyl sites for hydroxylation is 1. The van der Waals surface area contributed by atoms with E-state index in [0.717, 1.165) is 21.7 Å². The quantitative estimate of drug-likeness (QED) is 0.469. The van der Waals surface area contributed by atoms with Crippen LogP contribution in [0.15, 0.2) is 59.2 Å². The van der Waals surface area contributed by atoms with Crippen molar-refractivity contribution < 1.29 is 17.9 Å². The van der Waals surface area contributed by atoms with E-state index >= 15 is 0 Å². The number of hydrogen-bond acceptors (Lipinski definition) is 1. The standard InChI is InChI=1S/C20H17BrF3NO/c1-13-4-3-5-19(14(13)2)26-12-18-17(20(22,23)24)10-11-25(18)16-8-6-15(21)7-9-16/h3-11H,12H2,1-2H3. The number of alkyl halides is 3. The van der Waals surface area contributed by atoms with Crippen LogP contribution in [0.5, 0.6) is 5.75 Å². The zero-order valence-electron chi connectivity index (χ0n) is 14.3. The first kappa shape index (κ1) is 18.6. The van der Waals surface area contributed by atoms with Gasteiger partial charge < -0.3 is 9.30 Å². The number of aromatic nitrogens is 1. The molecular formula is C20H17BrF3NO. The Morgan fingerprint density at radius 3 is 2.35 bits per heavy atom. The molecule has 0 fully saturated rings. The number of halogens is 4. The normalized spacial score (nSPS) is 11.6. The summed E-state index contributed by atoms with van der Waals surface area (Å²) in [6.07, 6.45) is -3.02. The Kier molecular flexibility index (Phi) is 5.14. The minimum atomic E-state index is -4.44. The summed E-state index contributed by atoms with van der Waals surface area (Å²) >= 11 is 3.34. The Labute approximate surface area is 158 Å². The largest absolute Gasteiger partial charge is 0.487 e. The Balaban J connectivity index is 1.99. The van der Waals surface area contributed by atoms with E-state index in [1.54, 1.807) is 30.3 Å². The van der Waals surface area contributed by atoms with Crippen molar-refractivity contribution >= 4 is 15.9 Å². The first-order valence-electron chi connectivity index (χ1n) is 8.00. The van der Waals surface area contributed by atoms with Crippen LogP contribution in [0.3, 0.4) is 0 Å². The minimum absolute atomic E-state index is 0.0701. The third-order valence-corrected chi connectivity index (χ3v) is 4.85. The zero-order chi connectivity index (χ0) is 18.9. The summed E-state index contributed by atoms with van der Waals surface area (Å²) in [5.74, 6) is 0.585. The molecule has 0 N–H and O–H groups in total. The molecule has 136 valence electrons. The lowest BCUT2D eigenvalue weighted by atomic mass is 10.1. The molecule has 1 heterocycles. The lowest BCUT2D eigenvalue weighted by Gasteiger charge is -2.16. The molecule has 0 bridgehead atoms. The predicted molar refractivity (Wildman–Crippen MR) is 98.7 cm³/mol. The average Bonchev–Trinajstić information content (AvgIpc) is 3.01. The van der Waals surface area contributed by atoms with E-state index in [1.165, 1.54) is 10.8 Å². The molecule has 0 saturated heterocycles. The van der Waals surface area contributed by atoms with Gasteiger partial charge in [-0.3, -0.25) is 0 Å². The van der Waals surface area contributed by atoms with Crippen molar-refractivity contribution in [1.29, 1.82) is 0 Å². The van der Waals surface area contributed by atoms with Gasteiger partial charge in [0, 0.05) is 16.4 Å². The Morgan fingerprint density at radius 1 is 1.00 bits per heavy atom. The van der Waals surface area contributed by atoms with E-state index in [0.29, 0.717) is 11.4 Å². The molecule has 0 radical (unpaired) electrons. The molecule has 6 heteroatoms. The maximum absolute atomic E-state index is 13.4. The van der Waals surface area contributed by atoms with Crippen LogP contribution in [0, 0.1) is 13.8 Å². The molecule has 0 spiro atoms. The monoisotopic (exact) mass is 423 g/mol. The molecule has 0 unspecified atom stereocenters. The van der Waals surface area contributed by atoms with Crippen molar-refractivity contribution in [2.45, 2.75) is 26.6 Å². The van der Waals surface area contributed by atoms with Gasteiger partial charge in [0.1, 0.15) is 12.4 Å². The van der Waals surface area contributed by atoms with Crippen LogP contribution < -0.4 is 4.74 Å². The van der Waals surface area contributed by atoms with E-state index < -0.39 is 11.7 Å². The van der Waals surface area contributed by atoms with Crippen molar-refractivity contribution in [2.24, 2.45) is 0 Å². The third-order valence-electron chi connectivity index (χ3n) is 4.32. The molecule has 26 heavy (non-hydrogen) atoms. The Morgan fingerprint density at radius 2 is 1.69 bits per heavy atom. The van der Waals surface area contributed by atoms with Gasteiger partial charge in [-0.2, -0.15) is 13.2 Å². The SMILES string of the molecule is Cc1cccc(OCc2c(C(F)(F)F)ccn2-c2ccc(Br)cc2)c1C. The van der Waals surface area contributed by atoms with E-state index in [1.807, 2.05) is 26.0 Å². The molecule has 0 amide bonds. The second-order valence-corrected chi connectivity index (χ2v) is 6.92. The molecule has 0 aliphatic rings. The van der Waals surface area contributed by atoms with Gasteiger partial charge in [0.25, 0.3) is 0 Å². The van der Waals surface area contributed by atoms with Gasteiger partial charge in [-0.25, -0.2) is 0 Å². The molecule has 0 saturated carbocycles. The first-order valence-corrected chi connectivity index (χ1v) is 8.79. The maximum Gasteiger partial charge on any atom is 0.418 e. The van der Waals surface area contributed by atoms with Crippen molar-refractivity contribution in [2.75, 3.05) is 0 Å². The summed E-state index contributed by atoms with van der Waals surface area (Å²) in [5, 5.41) is 0. The summed E-state index contributed by atoms with van der Waals surface area (Å²) in [7, 11) is 0. The van der Waals surface area contributed by atoms with E-state index in [4.69, 9.17) is 4.74 Å². The van der Waals surface area contributed by atoms with Crippen LogP contribution in [0.25, 0.3) is 5.69 Å².